The van der Waals surface area contributed by atoms with Crippen LogP contribution < -0.4 is 10.1 Å². The number of ether oxygens (including phenoxy) is 1. The molecule has 0 aliphatic heterocycles. The normalized spacial score (nSPS) is 10.5. The molecule has 0 radical (unpaired) electrons. The number of aromatic nitrogens is 1. The van der Waals surface area contributed by atoms with Crippen LogP contribution in [0.3, 0.4) is 0 Å². The predicted octanol–water partition coefficient (Wildman–Crippen LogP) is 4.20. The summed E-state index contributed by atoms with van der Waals surface area (Å²) in [7, 11) is 0. The molecule has 1 N–H and O–H groups in total. The number of nitrogens with one attached hydrogen (secondary N) is 1. The van der Waals surface area contributed by atoms with Crippen molar-refractivity contribution in [1.29, 1.82) is 0 Å². The second kappa shape index (κ2) is 8.63. The Hall–Kier alpha value is -2.66. The third-order valence-electron chi connectivity index (χ3n) is 3.98. The summed E-state index contributed by atoms with van der Waals surface area (Å²) in [5, 5.41) is 3.96. The van der Waals surface area contributed by atoms with Gasteiger partial charge in [0.15, 0.2) is 0 Å². The molecule has 2 aromatic carbocycles. The minimum atomic E-state index is 0.0150. The Labute approximate surface area is 157 Å². The van der Waals surface area contributed by atoms with Crippen LogP contribution in [0.15, 0.2) is 54.6 Å². The molecule has 1 aromatic heterocycles. The van der Waals surface area contributed by atoms with E-state index in [0.29, 0.717) is 19.6 Å². The van der Waals surface area contributed by atoms with Crippen molar-refractivity contribution in [2.45, 2.75) is 33.4 Å². The van der Waals surface area contributed by atoms with Crippen LogP contribution >= 0.6 is 11.3 Å². The standard InChI is InChI=1S/C21H22N2O2S/c1-15-20(26-16(2)23-15)12-21(24)22-13-17-8-10-19(11-9-17)25-14-18-6-4-3-5-7-18/h3-11H,12-14H2,1-2H3,(H,22,24). The highest BCUT2D eigenvalue weighted by atomic mass is 32.1. The van der Waals surface area contributed by atoms with E-state index in [9.17, 15) is 4.79 Å². The molecule has 0 unspecified atom stereocenters. The van der Waals surface area contributed by atoms with Gasteiger partial charge in [-0.2, -0.15) is 0 Å². The molecule has 0 fully saturated rings. The van der Waals surface area contributed by atoms with Crippen LogP contribution in [0.25, 0.3) is 0 Å². The maximum Gasteiger partial charge on any atom is 0.225 e. The molecule has 0 atom stereocenters. The van der Waals surface area contributed by atoms with Crippen LogP contribution in [0.2, 0.25) is 0 Å². The van der Waals surface area contributed by atoms with E-state index < -0.39 is 0 Å². The van der Waals surface area contributed by atoms with Crippen LogP contribution in [0.5, 0.6) is 5.75 Å². The van der Waals surface area contributed by atoms with Crippen LogP contribution in [-0.2, 0) is 24.4 Å². The van der Waals surface area contributed by atoms with Crippen molar-refractivity contribution < 1.29 is 9.53 Å². The summed E-state index contributed by atoms with van der Waals surface area (Å²) >= 11 is 1.58. The number of thiazole rings is 1. The summed E-state index contributed by atoms with van der Waals surface area (Å²) in [6.07, 6.45) is 0.385. The van der Waals surface area contributed by atoms with Gasteiger partial charge >= 0.3 is 0 Å². The van der Waals surface area contributed by atoms with Gasteiger partial charge < -0.3 is 10.1 Å². The topological polar surface area (TPSA) is 51.2 Å². The molecule has 3 aromatic rings. The van der Waals surface area contributed by atoms with Gasteiger partial charge in [-0.15, -0.1) is 11.3 Å². The molecule has 0 saturated carbocycles. The van der Waals surface area contributed by atoms with Crippen LogP contribution in [-0.4, -0.2) is 10.9 Å². The van der Waals surface area contributed by atoms with Crippen LogP contribution in [0.1, 0.15) is 26.7 Å². The molecule has 4 nitrogen and oxygen atoms in total. The van der Waals surface area contributed by atoms with E-state index >= 15 is 0 Å². The van der Waals surface area contributed by atoms with Gasteiger partial charge in [-0.3, -0.25) is 4.79 Å². The maximum atomic E-state index is 12.1. The van der Waals surface area contributed by atoms with Crippen molar-refractivity contribution in [3.8, 4) is 5.75 Å². The Morgan fingerprint density at radius 2 is 1.77 bits per heavy atom. The Bertz CT molecular complexity index is 857. The number of nitrogens with zero attached hydrogens (tertiary/aromatic N) is 1. The van der Waals surface area contributed by atoms with E-state index in [-0.39, 0.29) is 5.91 Å². The minimum Gasteiger partial charge on any atom is -0.489 e. The fraction of sp³-hybridized carbons (Fsp3) is 0.238. The lowest BCUT2D eigenvalue weighted by Gasteiger charge is -2.08. The Kier molecular flexibility index (Phi) is 6.02. The SMILES string of the molecule is Cc1nc(C)c(CC(=O)NCc2ccc(OCc3ccccc3)cc2)s1. The molecule has 5 heteroatoms. The number of aryl methyl sites for hydroxylation is 2. The number of rotatable bonds is 7. The molecule has 134 valence electrons. The smallest absolute Gasteiger partial charge is 0.225 e. The zero-order valence-electron chi connectivity index (χ0n) is 15.0. The summed E-state index contributed by atoms with van der Waals surface area (Å²) in [5.74, 6) is 0.834. The first-order valence-electron chi connectivity index (χ1n) is 8.55. The second-order valence-corrected chi connectivity index (χ2v) is 7.40. The number of carbonyl (C=O) groups is 1. The third kappa shape index (κ3) is 5.17. The number of amides is 1. The van der Waals surface area contributed by atoms with Crippen molar-refractivity contribution >= 4 is 17.2 Å². The van der Waals surface area contributed by atoms with E-state index in [2.05, 4.69) is 10.3 Å². The van der Waals surface area contributed by atoms with Crippen molar-refractivity contribution in [2.24, 2.45) is 0 Å². The average molecular weight is 366 g/mol. The zero-order chi connectivity index (χ0) is 18.4. The first-order chi connectivity index (χ1) is 12.6. The van der Waals surface area contributed by atoms with Crippen LogP contribution in [0, 0.1) is 13.8 Å². The van der Waals surface area contributed by atoms with E-state index in [0.717, 1.165) is 32.5 Å². The lowest BCUT2D eigenvalue weighted by molar-refractivity contribution is -0.120. The number of hydrogen-bond acceptors (Lipinski definition) is 4. The van der Waals surface area contributed by atoms with Gasteiger partial charge in [-0.25, -0.2) is 4.98 Å². The average Bonchev–Trinajstić information content (AvgIpc) is 2.97. The van der Waals surface area contributed by atoms with E-state index in [1.54, 1.807) is 11.3 Å². The molecule has 0 saturated heterocycles. The highest BCUT2D eigenvalue weighted by Gasteiger charge is 2.10. The fourth-order valence-corrected chi connectivity index (χ4v) is 3.53. The van der Waals surface area contributed by atoms with Gasteiger partial charge in [-0.1, -0.05) is 42.5 Å². The summed E-state index contributed by atoms with van der Waals surface area (Å²) in [5.41, 5.74) is 3.13. The Morgan fingerprint density at radius 1 is 1.04 bits per heavy atom. The van der Waals surface area contributed by atoms with E-state index in [4.69, 9.17) is 4.74 Å². The third-order valence-corrected chi connectivity index (χ3v) is 5.05. The van der Waals surface area contributed by atoms with Gasteiger partial charge in [0.1, 0.15) is 12.4 Å². The van der Waals surface area contributed by atoms with E-state index in [1.165, 1.54) is 0 Å². The molecule has 1 amide bonds. The monoisotopic (exact) mass is 366 g/mol. The van der Waals surface area contributed by atoms with Gasteiger partial charge in [0.25, 0.3) is 0 Å². The highest BCUT2D eigenvalue weighted by molar-refractivity contribution is 7.11. The summed E-state index contributed by atoms with van der Waals surface area (Å²) in [6, 6.07) is 17.9. The molecule has 0 bridgehead atoms. The van der Waals surface area contributed by atoms with Crippen molar-refractivity contribution in [1.82, 2.24) is 10.3 Å². The molecule has 3 rings (SSSR count). The summed E-state index contributed by atoms with van der Waals surface area (Å²) in [6.45, 7) is 4.96. The summed E-state index contributed by atoms with van der Waals surface area (Å²) in [4.78, 5) is 17.5. The minimum absolute atomic E-state index is 0.0150. The van der Waals surface area contributed by atoms with Gasteiger partial charge in [0, 0.05) is 11.4 Å². The molecule has 0 spiro atoms. The van der Waals surface area contributed by atoms with Crippen LogP contribution in [0.4, 0.5) is 0 Å². The van der Waals surface area contributed by atoms with Crippen molar-refractivity contribution in [2.75, 3.05) is 0 Å². The summed E-state index contributed by atoms with van der Waals surface area (Å²) < 4.78 is 5.77. The lowest BCUT2D eigenvalue weighted by Crippen LogP contribution is -2.24. The second-order valence-electron chi connectivity index (χ2n) is 6.11. The molecule has 0 aliphatic carbocycles. The largest absolute Gasteiger partial charge is 0.489 e. The van der Waals surface area contributed by atoms with Gasteiger partial charge in [0.2, 0.25) is 5.91 Å². The van der Waals surface area contributed by atoms with E-state index in [1.807, 2.05) is 68.4 Å². The molecular formula is C21H22N2O2S. The quantitative estimate of drug-likeness (QED) is 0.682. The van der Waals surface area contributed by atoms with Crippen molar-refractivity contribution in [3.63, 3.8) is 0 Å². The number of carbonyl (C=O) groups excluding carboxylic acids is 1. The number of hydrogen-bond donors (Lipinski definition) is 1. The van der Waals surface area contributed by atoms with Gasteiger partial charge in [-0.05, 0) is 37.1 Å². The predicted molar refractivity (Wildman–Crippen MR) is 104 cm³/mol. The maximum absolute atomic E-state index is 12.1. The first kappa shape index (κ1) is 18.1. The lowest BCUT2D eigenvalue weighted by atomic mass is 10.2. The first-order valence-corrected chi connectivity index (χ1v) is 9.37. The Morgan fingerprint density at radius 3 is 2.42 bits per heavy atom. The number of benzene rings is 2. The highest BCUT2D eigenvalue weighted by Crippen LogP contribution is 2.18. The Balaban J connectivity index is 1.46. The zero-order valence-corrected chi connectivity index (χ0v) is 15.8. The van der Waals surface area contributed by atoms with Crippen molar-refractivity contribution in [3.05, 3.63) is 81.3 Å². The molecular weight excluding hydrogens is 344 g/mol. The van der Waals surface area contributed by atoms with Gasteiger partial charge in [0.05, 0.1) is 17.1 Å². The molecule has 1 heterocycles. The molecule has 0 aliphatic rings. The fourth-order valence-electron chi connectivity index (χ4n) is 2.59. The molecule has 26 heavy (non-hydrogen) atoms.